The first-order valence-corrected chi connectivity index (χ1v) is 5.97. The molecule has 3 N–H and O–H groups in total. The molecule has 0 aromatic carbocycles. The number of anilines is 2. The standard InChI is InChI=1S/C12H21N5/c1-9-7-17(8-10(9)16(2)3)12-6-4-5-11(14-12)15-13/h4-6,9-10H,7-8,13H2,1-3H3,(H,14,15). The van der Waals surface area contributed by atoms with Crippen LogP contribution in [0.25, 0.3) is 0 Å². The summed E-state index contributed by atoms with van der Waals surface area (Å²) in [7, 11) is 4.27. The summed E-state index contributed by atoms with van der Waals surface area (Å²) in [5.41, 5.74) is 2.59. The van der Waals surface area contributed by atoms with Gasteiger partial charge >= 0.3 is 0 Å². The van der Waals surface area contributed by atoms with Crippen molar-refractivity contribution in [2.45, 2.75) is 13.0 Å². The van der Waals surface area contributed by atoms with E-state index >= 15 is 0 Å². The molecular weight excluding hydrogens is 214 g/mol. The number of nitrogens with two attached hydrogens (primary N) is 1. The zero-order valence-corrected chi connectivity index (χ0v) is 10.7. The Morgan fingerprint density at radius 2 is 2.18 bits per heavy atom. The zero-order valence-electron chi connectivity index (χ0n) is 10.7. The Kier molecular flexibility index (Phi) is 3.49. The quantitative estimate of drug-likeness (QED) is 0.598. The molecule has 0 saturated carbocycles. The first-order chi connectivity index (χ1) is 8.11. The number of pyridine rings is 1. The second-order valence-corrected chi connectivity index (χ2v) is 4.94. The van der Waals surface area contributed by atoms with Gasteiger partial charge in [0.1, 0.15) is 11.6 Å². The third-order valence-electron chi connectivity index (χ3n) is 3.44. The van der Waals surface area contributed by atoms with Gasteiger partial charge in [-0.15, -0.1) is 0 Å². The van der Waals surface area contributed by atoms with Crippen LogP contribution in [0.4, 0.5) is 11.6 Å². The molecule has 5 heteroatoms. The highest BCUT2D eigenvalue weighted by molar-refractivity contribution is 5.47. The van der Waals surface area contributed by atoms with Crippen molar-refractivity contribution in [2.24, 2.45) is 11.8 Å². The lowest BCUT2D eigenvalue weighted by Crippen LogP contribution is -2.34. The van der Waals surface area contributed by atoms with Crippen LogP contribution in [0.15, 0.2) is 18.2 Å². The van der Waals surface area contributed by atoms with Gasteiger partial charge in [-0.25, -0.2) is 10.8 Å². The van der Waals surface area contributed by atoms with Crippen molar-refractivity contribution in [3.05, 3.63) is 18.2 Å². The van der Waals surface area contributed by atoms with Gasteiger partial charge in [-0.2, -0.15) is 0 Å². The summed E-state index contributed by atoms with van der Waals surface area (Å²) in [6.07, 6.45) is 0. The number of nitrogen functional groups attached to an aromatic ring is 1. The van der Waals surface area contributed by atoms with E-state index in [1.165, 1.54) is 0 Å². The van der Waals surface area contributed by atoms with Gasteiger partial charge in [0.15, 0.2) is 0 Å². The van der Waals surface area contributed by atoms with E-state index in [0.717, 1.165) is 18.9 Å². The Morgan fingerprint density at radius 3 is 2.76 bits per heavy atom. The van der Waals surface area contributed by atoms with Gasteiger partial charge in [0.25, 0.3) is 0 Å². The van der Waals surface area contributed by atoms with Crippen LogP contribution in [0.2, 0.25) is 0 Å². The van der Waals surface area contributed by atoms with Gasteiger partial charge < -0.3 is 15.2 Å². The van der Waals surface area contributed by atoms with Crippen LogP contribution in [0.5, 0.6) is 0 Å². The van der Waals surface area contributed by atoms with Gasteiger partial charge in [-0.3, -0.25) is 0 Å². The average Bonchev–Trinajstić information content (AvgIpc) is 2.71. The van der Waals surface area contributed by atoms with Crippen molar-refractivity contribution in [2.75, 3.05) is 37.5 Å². The SMILES string of the molecule is CC1CN(c2cccc(NN)n2)CC1N(C)C. The van der Waals surface area contributed by atoms with Crippen LogP contribution in [0.1, 0.15) is 6.92 Å². The number of nitrogens with one attached hydrogen (secondary N) is 1. The average molecular weight is 235 g/mol. The van der Waals surface area contributed by atoms with Crippen molar-refractivity contribution >= 4 is 11.6 Å². The molecule has 0 aliphatic carbocycles. The lowest BCUT2D eigenvalue weighted by atomic mass is 10.1. The van der Waals surface area contributed by atoms with Crippen molar-refractivity contribution in [3.63, 3.8) is 0 Å². The minimum absolute atomic E-state index is 0.589. The Labute approximate surface area is 103 Å². The third kappa shape index (κ3) is 2.50. The Morgan fingerprint density at radius 1 is 1.41 bits per heavy atom. The van der Waals surface area contributed by atoms with Gasteiger partial charge in [-0.05, 0) is 32.1 Å². The van der Waals surface area contributed by atoms with Gasteiger partial charge in [0, 0.05) is 19.1 Å². The lowest BCUT2D eigenvalue weighted by Gasteiger charge is -2.22. The minimum atomic E-state index is 0.589. The van der Waals surface area contributed by atoms with E-state index in [0.29, 0.717) is 17.8 Å². The van der Waals surface area contributed by atoms with Gasteiger partial charge in [0.05, 0.1) is 0 Å². The summed E-state index contributed by atoms with van der Waals surface area (Å²) in [4.78, 5) is 9.08. The minimum Gasteiger partial charge on any atom is -0.355 e. The highest BCUT2D eigenvalue weighted by atomic mass is 15.3. The fourth-order valence-corrected chi connectivity index (χ4v) is 2.49. The highest BCUT2D eigenvalue weighted by Gasteiger charge is 2.31. The summed E-state index contributed by atoms with van der Waals surface area (Å²) in [6.45, 7) is 4.36. The van der Waals surface area contributed by atoms with Crippen LogP contribution in [-0.2, 0) is 0 Å². The number of aromatic nitrogens is 1. The predicted molar refractivity (Wildman–Crippen MR) is 70.9 cm³/mol. The number of rotatable bonds is 3. The molecule has 1 saturated heterocycles. The molecule has 1 fully saturated rings. The monoisotopic (exact) mass is 235 g/mol. The molecule has 0 amide bonds. The largest absolute Gasteiger partial charge is 0.355 e. The molecule has 1 aliphatic heterocycles. The summed E-state index contributed by atoms with van der Waals surface area (Å²) in [5.74, 6) is 7.74. The number of nitrogens with zero attached hydrogens (tertiary/aromatic N) is 3. The molecule has 2 rings (SSSR count). The van der Waals surface area contributed by atoms with E-state index in [-0.39, 0.29) is 0 Å². The number of hydrogen-bond donors (Lipinski definition) is 2. The summed E-state index contributed by atoms with van der Waals surface area (Å²) >= 11 is 0. The number of likely N-dealkylation sites (N-methyl/N-ethyl adjacent to an activating group) is 1. The second-order valence-electron chi connectivity index (χ2n) is 4.94. The summed E-state index contributed by atoms with van der Waals surface area (Å²) < 4.78 is 0. The number of hydrogen-bond acceptors (Lipinski definition) is 5. The fourth-order valence-electron chi connectivity index (χ4n) is 2.49. The molecule has 2 unspecified atom stereocenters. The number of hydrazine groups is 1. The van der Waals surface area contributed by atoms with E-state index in [2.05, 4.69) is 41.2 Å². The van der Waals surface area contributed by atoms with Crippen LogP contribution in [0.3, 0.4) is 0 Å². The smallest absolute Gasteiger partial charge is 0.142 e. The van der Waals surface area contributed by atoms with Gasteiger partial charge in [-0.1, -0.05) is 13.0 Å². The van der Waals surface area contributed by atoms with Crippen molar-refractivity contribution in [1.29, 1.82) is 0 Å². The lowest BCUT2D eigenvalue weighted by molar-refractivity contribution is 0.266. The van der Waals surface area contributed by atoms with Crippen molar-refractivity contribution in [1.82, 2.24) is 9.88 Å². The normalized spacial score (nSPS) is 24.4. The molecule has 2 heterocycles. The molecule has 0 bridgehead atoms. The highest BCUT2D eigenvalue weighted by Crippen LogP contribution is 2.25. The summed E-state index contributed by atoms with van der Waals surface area (Å²) in [5, 5.41) is 0. The Hall–Kier alpha value is -1.33. The molecule has 94 valence electrons. The summed E-state index contributed by atoms with van der Waals surface area (Å²) in [6, 6.07) is 6.47. The molecular formula is C12H21N5. The molecule has 1 aliphatic rings. The van der Waals surface area contributed by atoms with Crippen molar-refractivity contribution < 1.29 is 0 Å². The first kappa shape index (κ1) is 12.1. The predicted octanol–water partition coefficient (Wildman–Crippen LogP) is 0.753. The molecule has 17 heavy (non-hydrogen) atoms. The molecule has 1 aromatic rings. The van der Waals surface area contributed by atoms with Gasteiger partial charge in [0.2, 0.25) is 0 Å². The zero-order chi connectivity index (χ0) is 12.4. The first-order valence-electron chi connectivity index (χ1n) is 5.97. The molecule has 0 radical (unpaired) electrons. The van der Waals surface area contributed by atoms with E-state index < -0.39 is 0 Å². The maximum atomic E-state index is 5.38. The molecule has 5 nitrogen and oxygen atoms in total. The third-order valence-corrected chi connectivity index (χ3v) is 3.44. The van der Waals surface area contributed by atoms with E-state index in [4.69, 9.17) is 5.84 Å². The maximum Gasteiger partial charge on any atom is 0.142 e. The van der Waals surface area contributed by atoms with Crippen LogP contribution in [0, 0.1) is 5.92 Å². The topological polar surface area (TPSA) is 57.4 Å². The van der Waals surface area contributed by atoms with E-state index in [1.807, 2.05) is 18.2 Å². The van der Waals surface area contributed by atoms with Crippen LogP contribution < -0.4 is 16.2 Å². The fraction of sp³-hybridized carbons (Fsp3) is 0.583. The van der Waals surface area contributed by atoms with Crippen LogP contribution in [-0.4, -0.2) is 43.1 Å². The molecule has 1 aromatic heterocycles. The van der Waals surface area contributed by atoms with Crippen molar-refractivity contribution in [3.8, 4) is 0 Å². The van der Waals surface area contributed by atoms with E-state index in [9.17, 15) is 0 Å². The molecule has 0 spiro atoms. The maximum absolute atomic E-state index is 5.38. The Balaban J connectivity index is 2.13. The van der Waals surface area contributed by atoms with E-state index in [1.54, 1.807) is 0 Å². The van der Waals surface area contributed by atoms with Crippen LogP contribution >= 0.6 is 0 Å². The second kappa shape index (κ2) is 4.89. The molecule has 2 atom stereocenters. The Bertz CT molecular complexity index is 379.